The fourth-order valence-corrected chi connectivity index (χ4v) is 20.8. The maximum atomic E-state index is 14.2. The molecule has 18 nitrogen and oxygen atoms in total. The molecule has 6 fully saturated rings. The average Bonchev–Trinajstić information content (AvgIpc) is 0.749. The van der Waals surface area contributed by atoms with Crippen LogP contribution < -0.4 is 18.9 Å². The quantitative estimate of drug-likeness (QED) is 0.0381. The molecule has 103 heavy (non-hydrogen) atoms. The van der Waals surface area contributed by atoms with Gasteiger partial charge in [-0.1, -0.05) is 102 Å². The number of methoxy groups -OCH3 is 4. The molecule has 6 saturated carbocycles. The first kappa shape index (κ1) is 85.9. The van der Waals surface area contributed by atoms with Crippen molar-refractivity contribution in [2.24, 2.45) is 104 Å². The van der Waals surface area contributed by atoms with Crippen molar-refractivity contribution in [2.45, 2.75) is 173 Å². The highest BCUT2D eigenvalue weighted by molar-refractivity contribution is 9.69. The van der Waals surface area contributed by atoms with Gasteiger partial charge in [-0.05, 0) is 180 Å². The number of hydrogen-bond acceptors (Lipinski definition) is 16. The van der Waals surface area contributed by atoms with Gasteiger partial charge in [-0.25, -0.2) is 9.97 Å². The van der Waals surface area contributed by atoms with Gasteiger partial charge in [-0.2, -0.15) is 18.6 Å². The molecule has 5 aromatic rings. The van der Waals surface area contributed by atoms with E-state index in [0.717, 1.165) is 77.1 Å². The van der Waals surface area contributed by atoms with Gasteiger partial charge in [-0.3, -0.25) is 32.3 Å². The Labute approximate surface area is 649 Å². The summed E-state index contributed by atoms with van der Waals surface area (Å²) in [7, 11) is 1.86. The third kappa shape index (κ3) is 21.1. The minimum atomic E-state index is -3.55. The molecule has 0 bridgehead atoms. The maximum Gasteiger partial charge on any atom is 0.369 e. The predicted molar refractivity (Wildman–Crippen MR) is 419 cm³/mol. The van der Waals surface area contributed by atoms with Crippen LogP contribution in [0.1, 0.15) is 193 Å². The second-order valence-corrected chi connectivity index (χ2v) is 41.2. The Morgan fingerprint density at radius 3 is 1.11 bits per heavy atom. The Kier molecular flexibility index (Phi) is 31.0. The predicted octanol–water partition coefficient (Wildman–Crippen LogP) is 19.1. The van der Waals surface area contributed by atoms with Crippen LogP contribution >= 0.6 is 70.5 Å². The average molecular weight is 1690 g/mol. The summed E-state index contributed by atoms with van der Waals surface area (Å²) in [6.45, 7) is 29.2. The number of rotatable bonds is 17. The SMILES string of the molecule is BrB(Br)Br.COc1cc(OC)cc(C(=O)[C@H]2[C@H](C)[C@@H](COS(C)(=O)=O)CC3C(C)(C)CCC[C@@]32C)c1.COc1cc(OC)cc(C(=O)[C@H]2[C@H](C)[C@@H](Cn3cncn3)CC3C(C)(C)CCC[C@@]32C)c1.C[C@@H]1[C@@H](Cn2cncn2)CC2C(C)(C)CCC[C@]2(C)[C@H]1C(=O)c1cc(O)cc(O)c1.ClCCl.[2H]CF. The lowest BCUT2D eigenvalue weighted by Gasteiger charge is -2.60. The number of ketones is 3. The van der Waals surface area contributed by atoms with Crippen molar-refractivity contribution in [1.29, 1.82) is 0 Å². The second-order valence-electron chi connectivity index (χ2n) is 32.3. The molecule has 574 valence electrons. The molecule has 0 amide bonds. The number of phenols is 2. The van der Waals surface area contributed by atoms with Gasteiger partial charge in [0.25, 0.3) is 10.1 Å². The highest BCUT2D eigenvalue weighted by atomic mass is 79.9. The number of aromatic hydroxyl groups is 2. The summed E-state index contributed by atoms with van der Waals surface area (Å²) in [5, 5.41) is 28.8. The number of halogens is 6. The molecule has 15 atom stereocenters. The summed E-state index contributed by atoms with van der Waals surface area (Å²) in [5.74, 6) is 4.39. The summed E-state index contributed by atoms with van der Waals surface area (Å²) < 4.78 is 70.0. The molecule has 2 aromatic heterocycles. The maximum absolute atomic E-state index is 14.2. The molecule has 2 heterocycles. The lowest BCUT2D eigenvalue weighted by Crippen LogP contribution is -2.56. The number of ether oxygens (including phenoxy) is 4. The number of benzene rings is 3. The Hall–Kier alpha value is -4.33. The molecule has 11 rings (SSSR count). The van der Waals surface area contributed by atoms with Crippen molar-refractivity contribution in [2.75, 3.05) is 53.8 Å². The van der Waals surface area contributed by atoms with Gasteiger partial charge in [0.1, 0.15) is 59.8 Å². The zero-order chi connectivity index (χ0) is 77.7. The van der Waals surface area contributed by atoms with Crippen molar-refractivity contribution in [1.82, 2.24) is 29.5 Å². The van der Waals surface area contributed by atoms with Crippen LogP contribution in [0.5, 0.6) is 34.5 Å². The van der Waals surface area contributed by atoms with Crippen molar-refractivity contribution < 1.29 is 61.9 Å². The topological polar surface area (TPSA) is 233 Å². The summed E-state index contributed by atoms with van der Waals surface area (Å²) in [6, 6.07) is 15.1. The number of alkyl halides is 3. The normalized spacial score (nSPS) is 30.0. The van der Waals surface area contributed by atoms with Crippen molar-refractivity contribution in [3.63, 3.8) is 0 Å². The number of carbonyl (C=O) groups is 3. The summed E-state index contributed by atoms with van der Waals surface area (Å²) in [4.78, 5) is 50.4. The van der Waals surface area contributed by atoms with Gasteiger partial charge in [0.2, 0.25) is 0 Å². The summed E-state index contributed by atoms with van der Waals surface area (Å²) >= 11 is 18.8. The van der Waals surface area contributed by atoms with Crippen LogP contribution in [0, 0.1) is 104 Å². The number of carbonyl (C=O) groups excluding carboxylic acids is 3. The van der Waals surface area contributed by atoms with Gasteiger partial charge in [0, 0.05) is 65.7 Å². The van der Waals surface area contributed by atoms with E-state index in [1.807, 2.05) is 27.6 Å². The monoisotopic (exact) mass is 1680 g/mol. The van der Waals surface area contributed by atoms with Crippen molar-refractivity contribution >= 4 is 101 Å². The van der Waals surface area contributed by atoms with E-state index in [1.54, 1.807) is 71.9 Å². The van der Waals surface area contributed by atoms with E-state index >= 15 is 0 Å². The standard InChI is InChI=1S/C26H37N3O3.C25H38O6S.C24H33N3O3.CH2Cl2.CH3F.BBr3/c1-17-19(14-29-16-27-15-28-29)12-22-25(2,3)8-7-9-26(22,4)23(17)24(30)18-10-20(31-5)13-21(11-18)32-6;1-16-18(15-31-32(7,27)28)13-21-24(2,3)9-8-10-25(21,4)22(16)23(26)17-11-19(29-5)14-20(12-17)30-6;1-15-17(12-27-14-25-13-26-27)10-20-23(2,3)6-5-7-24(20,4)21(15)22(30)16-8-18(28)11-19(29)9-16;2-1-3;1-2;2-1(3)4/h10-11,13,15-17,19,22-23H,7-9,12,14H2,1-6H3;11-12,14,16,18,21-22H,8-10,13,15H2,1-7H3;8-9,11,13-15,17,20-21,28-29H,5-7,10,12H2,1-4H3;1H2;1H3;/t17-,19-,22?,23-,26+;16-,18-,21?,22-,25+;15-,17-,20?,21-,24+;;;/m111.../s1/i;;;;1D;. The highest BCUT2D eigenvalue weighted by Gasteiger charge is 2.62. The van der Waals surface area contributed by atoms with E-state index < -0.39 is 17.3 Å². The first-order valence-electron chi connectivity index (χ1n) is 36.4. The van der Waals surface area contributed by atoms with Crippen LogP contribution in [-0.2, 0) is 27.4 Å². The number of aromatic nitrogens is 6. The Bertz CT molecular complexity index is 3650. The molecule has 3 aromatic carbocycles. The number of hydrogen-bond donors (Lipinski definition) is 2. The highest BCUT2D eigenvalue weighted by Crippen LogP contribution is 2.66. The van der Waals surface area contributed by atoms with Crippen LogP contribution in [-0.4, -0.2) is 122 Å². The van der Waals surface area contributed by atoms with Crippen LogP contribution in [0.15, 0.2) is 79.9 Å². The zero-order valence-electron chi connectivity index (χ0n) is 64.4. The van der Waals surface area contributed by atoms with Gasteiger partial charge in [-0.15, -0.1) is 70.5 Å². The van der Waals surface area contributed by atoms with Crippen LogP contribution in [0.4, 0.5) is 4.39 Å². The van der Waals surface area contributed by atoms with Crippen molar-refractivity contribution in [3.8, 4) is 34.5 Å². The number of Topliss-reactive ketones (excluding diaryl/α,β-unsaturated/α-hetero) is 3. The molecule has 26 heteroatoms. The van der Waals surface area contributed by atoms with E-state index in [1.165, 1.54) is 37.5 Å². The molecule has 6 aliphatic rings. The van der Waals surface area contributed by atoms with Crippen LogP contribution in [0.25, 0.3) is 0 Å². The number of phenolic OH excluding ortho intramolecular Hbond substituents is 2. The first-order valence-corrected chi connectivity index (χ1v) is 41.3. The smallest absolute Gasteiger partial charge is 0.369 e. The van der Waals surface area contributed by atoms with Gasteiger partial charge < -0.3 is 29.2 Å². The summed E-state index contributed by atoms with van der Waals surface area (Å²) in [6.07, 6.45) is 20.8. The molecule has 3 unspecified atom stereocenters. The fraction of sp³-hybridized carbons (Fsp3) is 0.675. The minimum Gasteiger partial charge on any atom is -0.508 e. The molecular formula is C77H113BBr3Cl2FN6O12S. The van der Waals surface area contributed by atoms with Gasteiger partial charge in [0.05, 0.1) is 55.2 Å². The third-order valence-electron chi connectivity index (χ3n) is 25.0. The molecule has 2 N–H and O–H groups in total. The van der Waals surface area contributed by atoms with E-state index in [4.69, 9.17) is 47.7 Å². The van der Waals surface area contributed by atoms with Gasteiger partial charge in [0.15, 0.2) is 17.3 Å². The number of nitrogens with zero attached hydrogens (tertiary/aromatic N) is 6. The fourth-order valence-electron chi connectivity index (χ4n) is 20.4. The Morgan fingerprint density at radius 2 is 0.835 bits per heavy atom. The van der Waals surface area contributed by atoms with Gasteiger partial charge >= 0.3 is 3.18 Å². The lowest BCUT2D eigenvalue weighted by atomic mass is 9.44. The Morgan fingerprint density at radius 1 is 0.553 bits per heavy atom. The lowest BCUT2D eigenvalue weighted by molar-refractivity contribution is -0.107. The molecular weight excluding hydrogens is 1570 g/mol. The van der Waals surface area contributed by atoms with Crippen molar-refractivity contribution in [3.05, 3.63) is 96.6 Å². The molecule has 0 radical (unpaired) electrons. The second kappa shape index (κ2) is 37.2. The zero-order valence-corrected chi connectivity index (χ0v) is 70.5. The first-order chi connectivity index (χ1) is 48.7. The number of fused-ring (bicyclic) bond motifs is 3. The summed E-state index contributed by atoms with van der Waals surface area (Å²) in [5.41, 5.74) is 1.78. The molecule has 0 aliphatic heterocycles. The van der Waals surface area contributed by atoms with E-state index in [-0.39, 0.29) is 118 Å². The van der Waals surface area contributed by atoms with Crippen LogP contribution in [0.2, 0.25) is 0 Å². The Balaban J connectivity index is 0.000000230. The van der Waals surface area contributed by atoms with E-state index in [2.05, 4.69) is 151 Å². The largest absolute Gasteiger partial charge is 0.508 e. The van der Waals surface area contributed by atoms with E-state index in [0.29, 0.717) is 69.3 Å². The molecule has 6 aliphatic carbocycles. The third-order valence-corrected chi connectivity index (χ3v) is 25.5. The van der Waals surface area contributed by atoms with Crippen LogP contribution in [0.3, 0.4) is 0 Å². The minimum absolute atomic E-state index is 0.0124. The molecule has 0 saturated heterocycles. The molecule has 0 spiro atoms. The van der Waals surface area contributed by atoms with E-state index in [9.17, 15) is 37.4 Å².